The average Bonchev–Trinajstić information content (AvgIpc) is 3.38. The summed E-state index contributed by atoms with van der Waals surface area (Å²) in [5.41, 5.74) is 4.90. The molecule has 0 aliphatic carbocycles. The Hall–Kier alpha value is -3.36. The number of nitrogens with zero attached hydrogens (tertiary/aromatic N) is 2. The molecule has 9 heteroatoms. The Labute approximate surface area is 190 Å². The van der Waals surface area contributed by atoms with Gasteiger partial charge in [0.1, 0.15) is 5.82 Å². The zero-order valence-electron chi connectivity index (χ0n) is 17.1. The van der Waals surface area contributed by atoms with Gasteiger partial charge in [-0.2, -0.15) is 0 Å². The fourth-order valence-corrected chi connectivity index (χ4v) is 5.09. The molecule has 3 aromatic carbocycles. The highest BCUT2D eigenvalue weighted by atomic mass is 35.5. The highest BCUT2D eigenvalue weighted by molar-refractivity contribution is 7.92. The number of nitrogens with one attached hydrogen (secondary N) is 2. The van der Waals surface area contributed by atoms with E-state index in [0.717, 1.165) is 16.6 Å². The number of hydrogen-bond acceptors (Lipinski definition) is 4. The Balaban J connectivity index is 1.41. The number of sulfonamides is 1. The van der Waals surface area contributed by atoms with E-state index in [1.165, 1.54) is 10.6 Å². The lowest BCUT2D eigenvalue weighted by molar-refractivity contribution is 0.102. The second-order valence-electron chi connectivity index (χ2n) is 7.68. The van der Waals surface area contributed by atoms with E-state index in [9.17, 15) is 13.2 Å². The van der Waals surface area contributed by atoms with Crippen LogP contribution in [0.15, 0.2) is 60.7 Å². The predicted molar refractivity (Wildman–Crippen MR) is 127 cm³/mol. The summed E-state index contributed by atoms with van der Waals surface area (Å²) in [4.78, 5) is 20.7. The molecule has 0 bridgehead atoms. The third kappa shape index (κ3) is 3.72. The van der Waals surface area contributed by atoms with Gasteiger partial charge in [0.05, 0.1) is 28.0 Å². The zero-order valence-corrected chi connectivity index (χ0v) is 18.7. The fraction of sp³-hybridized carbons (Fsp3) is 0.130. The Kier molecular flexibility index (Phi) is 4.91. The van der Waals surface area contributed by atoms with Gasteiger partial charge in [0.15, 0.2) is 0 Å². The Bertz CT molecular complexity index is 1450. The Morgan fingerprint density at radius 1 is 1.12 bits per heavy atom. The molecule has 4 aromatic rings. The first-order chi connectivity index (χ1) is 15.3. The molecule has 0 unspecified atom stereocenters. The highest BCUT2D eigenvalue weighted by Crippen LogP contribution is 2.32. The molecule has 0 saturated heterocycles. The number of hydrogen-bond donors (Lipinski definition) is 2. The average molecular weight is 467 g/mol. The molecular weight excluding hydrogens is 448 g/mol. The summed E-state index contributed by atoms with van der Waals surface area (Å²) >= 11 is 6.40. The minimum absolute atomic E-state index is 0.288. The second-order valence-corrected chi connectivity index (χ2v) is 9.99. The molecule has 7 nitrogen and oxygen atoms in total. The van der Waals surface area contributed by atoms with Crippen molar-refractivity contribution in [3.63, 3.8) is 0 Å². The molecule has 1 aliphatic rings. The van der Waals surface area contributed by atoms with Crippen LogP contribution in [0.4, 0.5) is 11.4 Å². The smallest absolute Gasteiger partial charge is 0.255 e. The number of H-pyrrole nitrogens is 1. The van der Waals surface area contributed by atoms with Gasteiger partial charge in [0, 0.05) is 23.4 Å². The zero-order chi connectivity index (χ0) is 22.5. The molecule has 162 valence electrons. The van der Waals surface area contributed by atoms with E-state index in [4.69, 9.17) is 11.6 Å². The lowest BCUT2D eigenvalue weighted by Crippen LogP contribution is -2.27. The van der Waals surface area contributed by atoms with E-state index in [0.29, 0.717) is 46.3 Å². The van der Waals surface area contributed by atoms with Gasteiger partial charge in [-0.25, -0.2) is 13.4 Å². The number of aromatic amines is 1. The highest BCUT2D eigenvalue weighted by Gasteiger charge is 2.26. The van der Waals surface area contributed by atoms with Crippen molar-refractivity contribution >= 4 is 49.9 Å². The van der Waals surface area contributed by atoms with Crippen molar-refractivity contribution in [1.29, 1.82) is 0 Å². The molecule has 5 rings (SSSR count). The van der Waals surface area contributed by atoms with Gasteiger partial charge in [-0.15, -0.1) is 0 Å². The van der Waals surface area contributed by atoms with Crippen LogP contribution >= 0.6 is 11.6 Å². The predicted octanol–water partition coefficient (Wildman–Crippen LogP) is 4.46. The molecule has 2 heterocycles. The van der Waals surface area contributed by atoms with Crippen LogP contribution in [0.25, 0.3) is 22.4 Å². The second kappa shape index (κ2) is 7.65. The molecule has 0 saturated carbocycles. The van der Waals surface area contributed by atoms with Crippen molar-refractivity contribution in [3.8, 4) is 11.4 Å². The minimum atomic E-state index is -3.33. The van der Waals surface area contributed by atoms with Crippen LogP contribution in [0.3, 0.4) is 0 Å². The van der Waals surface area contributed by atoms with Crippen LogP contribution < -0.4 is 9.62 Å². The number of carbonyl (C=O) groups is 1. The van der Waals surface area contributed by atoms with E-state index in [1.807, 2.05) is 24.3 Å². The third-order valence-electron chi connectivity index (χ3n) is 5.46. The number of carbonyl (C=O) groups excluding carboxylic acids is 1. The van der Waals surface area contributed by atoms with Gasteiger partial charge in [0.2, 0.25) is 10.0 Å². The van der Waals surface area contributed by atoms with E-state index in [1.54, 1.807) is 36.4 Å². The fourth-order valence-electron chi connectivity index (χ4n) is 3.93. The first-order valence-corrected chi connectivity index (χ1v) is 12.2. The molecule has 1 aliphatic heterocycles. The first kappa shape index (κ1) is 20.5. The number of para-hydroxylation sites is 2. The number of amides is 1. The van der Waals surface area contributed by atoms with Crippen LogP contribution in [0.5, 0.6) is 0 Å². The van der Waals surface area contributed by atoms with E-state index in [-0.39, 0.29) is 5.91 Å². The summed E-state index contributed by atoms with van der Waals surface area (Å²) in [5, 5.41) is 3.41. The van der Waals surface area contributed by atoms with Crippen molar-refractivity contribution < 1.29 is 13.2 Å². The van der Waals surface area contributed by atoms with Gasteiger partial charge in [-0.05, 0) is 60.5 Å². The number of anilines is 2. The summed E-state index contributed by atoms with van der Waals surface area (Å²) in [6.45, 7) is 0.386. The van der Waals surface area contributed by atoms with E-state index < -0.39 is 10.0 Å². The van der Waals surface area contributed by atoms with Crippen LogP contribution in [-0.4, -0.2) is 37.1 Å². The van der Waals surface area contributed by atoms with Crippen LogP contribution in [0.2, 0.25) is 5.02 Å². The van der Waals surface area contributed by atoms with Crippen molar-refractivity contribution in [1.82, 2.24) is 9.97 Å². The summed E-state index contributed by atoms with van der Waals surface area (Å²) in [7, 11) is -3.33. The SMILES string of the molecule is CS(=O)(=O)N1CCc2cc(C(=O)Nc3ccc(Cl)c(-c4nc5ccccc5[nH]4)c3)ccc21. The summed E-state index contributed by atoms with van der Waals surface area (Å²) < 4.78 is 25.2. The number of imidazole rings is 1. The van der Waals surface area contributed by atoms with E-state index >= 15 is 0 Å². The molecule has 32 heavy (non-hydrogen) atoms. The van der Waals surface area contributed by atoms with Gasteiger partial charge in [0.25, 0.3) is 5.91 Å². The monoisotopic (exact) mass is 466 g/mol. The molecule has 0 radical (unpaired) electrons. The van der Waals surface area contributed by atoms with Crippen LogP contribution in [-0.2, 0) is 16.4 Å². The first-order valence-electron chi connectivity index (χ1n) is 9.96. The quantitative estimate of drug-likeness (QED) is 0.464. The van der Waals surface area contributed by atoms with Crippen molar-refractivity contribution in [2.45, 2.75) is 6.42 Å². The molecule has 2 N–H and O–H groups in total. The maximum atomic E-state index is 12.9. The minimum Gasteiger partial charge on any atom is -0.338 e. The summed E-state index contributed by atoms with van der Waals surface area (Å²) in [5.74, 6) is 0.328. The molecule has 0 fully saturated rings. The lowest BCUT2D eigenvalue weighted by atomic mass is 10.1. The summed E-state index contributed by atoms with van der Waals surface area (Å²) in [6.07, 6.45) is 1.75. The van der Waals surface area contributed by atoms with Crippen molar-refractivity contribution in [3.05, 3.63) is 76.8 Å². The van der Waals surface area contributed by atoms with Gasteiger partial charge < -0.3 is 10.3 Å². The topological polar surface area (TPSA) is 95.2 Å². The largest absolute Gasteiger partial charge is 0.338 e. The van der Waals surface area contributed by atoms with E-state index in [2.05, 4.69) is 15.3 Å². The number of benzene rings is 3. The number of rotatable bonds is 4. The number of aromatic nitrogens is 2. The standard InChI is InChI=1S/C23H19ClN4O3S/c1-32(30,31)28-11-10-14-12-15(6-9-21(14)28)23(29)25-16-7-8-18(24)17(13-16)22-26-19-4-2-3-5-20(19)27-22/h2-9,12-13H,10-11H2,1H3,(H,25,29)(H,26,27). The Morgan fingerprint density at radius 2 is 1.94 bits per heavy atom. The molecule has 1 aromatic heterocycles. The van der Waals surface area contributed by atoms with Gasteiger partial charge in [-0.3, -0.25) is 9.10 Å². The molecule has 1 amide bonds. The number of fused-ring (bicyclic) bond motifs is 2. The third-order valence-corrected chi connectivity index (χ3v) is 6.97. The maximum absolute atomic E-state index is 12.9. The lowest BCUT2D eigenvalue weighted by Gasteiger charge is -2.16. The van der Waals surface area contributed by atoms with Crippen molar-refractivity contribution in [2.24, 2.45) is 0 Å². The number of halogens is 1. The van der Waals surface area contributed by atoms with Crippen LogP contribution in [0.1, 0.15) is 15.9 Å². The normalized spacial score (nSPS) is 13.4. The van der Waals surface area contributed by atoms with Crippen LogP contribution in [0, 0.1) is 0 Å². The molecule has 0 spiro atoms. The molecule has 0 atom stereocenters. The van der Waals surface area contributed by atoms with Crippen molar-refractivity contribution in [2.75, 3.05) is 22.4 Å². The van der Waals surface area contributed by atoms with Gasteiger partial charge in [-0.1, -0.05) is 23.7 Å². The summed E-state index contributed by atoms with van der Waals surface area (Å²) in [6, 6.07) is 18.0. The maximum Gasteiger partial charge on any atom is 0.255 e. The Morgan fingerprint density at radius 3 is 2.72 bits per heavy atom. The molecular formula is C23H19ClN4O3S. The van der Waals surface area contributed by atoms with Gasteiger partial charge >= 0.3 is 0 Å².